The Hall–Kier alpha value is -1.24. The van der Waals surface area contributed by atoms with Crippen LogP contribution in [-0.4, -0.2) is 10.7 Å². The molecule has 2 nitrogen and oxygen atoms in total. The van der Waals surface area contributed by atoms with Crippen LogP contribution >= 0.6 is 0 Å². The van der Waals surface area contributed by atoms with Crippen LogP contribution in [0.2, 0.25) is 0 Å². The summed E-state index contributed by atoms with van der Waals surface area (Å²) in [6, 6.07) is 0. The molecule has 1 heterocycles. The fourth-order valence-electron chi connectivity index (χ4n) is 4.41. The summed E-state index contributed by atoms with van der Waals surface area (Å²) in [6.45, 7) is 8.41. The van der Waals surface area contributed by atoms with E-state index < -0.39 is 0 Å². The average Bonchev–Trinajstić information content (AvgIpc) is 2.73. The Bertz CT molecular complexity index is 648. The quantitative estimate of drug-likeness (QED) is 0.214. The van der Waals surface area contributed by atoms with Crippen molar-refractivity contribution in [2.24, 2.45) is 0 Å². The molecule has 2 rings (SSSR count). The van der Waals surface area contributed by atoms with Crippen molar-refractivity contribution in [2.45, 2.75) is 130 Å². The topological polar surface area (TPSA) is 29.5 Å². The first-order valence-corrected chi connectivity index (χ1v) is 12.6. The number of aliphatic hydroxyl groups is 1. The molecular weight excluding hydrogens is 368 g/mol. The third kappa shape index (κ3) is 8.12. The molecule has 169 valence electrons. The van der Waals surface area contributed by atoms with Crippen molar-refractivity contribution in [1.29, 1.82) is 0 Å². The van der Waals surface area contributed by atoms with Crippen LogP contribution in [0, 0.1) is 6.10 Å². The molecular formula is C28H45O2. The van der Waals surface area contributed by atoms with Crippen LogP contribution in [0.25, 0.3) is 0 Å². The van der Waals surface area contributed by atoms with Crippen LogP contribution in [0.3, 0.4) is 0 Å². The Morgan fingerprint density at radius 3 is 1.83 bits per heavy atom. The van der Waals surface area contributed by atoms with E-state index in [-0.39, 0.29) is 11.4 Å². The number of hydrogen-bond acceptors (Lipinski definition) is 2. The first kappa shape index (κ1) is 25.0. The summed E-state index contributed by atoms with van der Waals surface area (Å²) in [5.41, 5.74) is 5.55. The third-order valence-corrected chi connectivity index (χ3v) is 6.72. The predicted molar refractivity (Wildman–Crippen MR) is 128 cm³/mol. The van der Waals surface area contributed by atoms with Gasteiger partial charge in [0.1, 0.15) is 0 Å². The van der Waals surface area contributed by atoms with E-state index >= 15 is 0 Å². The molecule has 0 bridgehead atoms. The maximum atomic E-state index is 9.99. The molecule has 0 amide bonds. The van der Waals surface area contributed by atoms with Crippen LogP contribution in [0.15, 0.2) is 40.4 Å². The molecule has 0 spiro atoms. The van der Waals surface area contributed by atoms with E-state index in [9.17, 15) is 5.11 Å². The van der Waals surface area contributed by atoms with Crippen molar-refractivity contribution in [2.75, 3.05) is 0 Å². The minimum absolute atomic E-state index is 0.232. The highest BCUT2D eigenvalue weighted by molar-refractivity contribution is 5.53. The van der Waals surface area contributed by atoms with Gasteiger partial charge in [-0.05, 0) is 38.8 Å². The van der Waals surface area contributed by atoms with Gasteiger partial charge in [0.05, 0.1) is 5.60 Å². The van der Waals surface area contributed by atoms with Crippen molar-refractivity contribution in [3.63, 3.8) is 0 Å². The molecule has 0 aromatic heterocycles. The highest BCUT2D eigenvalue weighted by Gasteiger charge is 2.35. The number of aliphatic hydroxyl groups excluding tert-OH is 1. The Kier molecular flexibility index (Phi) is 11.0. The zero-order valence-corrected chi connectivity index (χ0v) is 20.1. The number of unbranched alkanes of at least 4 members (excludes halogenated alkanes) is 13. The molecule has 1 atom stereocenters. The molecule has 0 fully saturated rings. The van der Waals surface area contributed by atoms with Crippen molar-refractivity contribution in [3.8, 4) is 0 Å². The van der Waals surface area contributed by atoms with E-state index in [2.05, 4.69) is 31.7 Å². The fraction of sp³-hybridized carbons (Fsp3) is 0.714. The van der Waals surface area contributed by atoms with Gasteiger partial charge in [-0.15, -0.1) is 0 Å². The van der Waals surface area contributed by atoms with Gasteiger partial charge in [0.2, 0.25) is 0 Å². The molecule has 2 aliphatic rings. The van der Waals surface area contributed by atoms with E-state index in [1.54, 1.807) is 0 Å². The second-order valence-corrected chi connectivity index (χ2v) is 9.56. The number of hydrogen-bond donors (Lipinski definition) is 1. The predicted octanol–water partition coefficient (Wildman–Crippen LogP) is 9.05. The van der Waals surface area contributed by atoms with Crippen molar-refractivity contribution < 1.29 is 9.84 Å². The maximum absolute atomic E-state index is 9.99. The van der Waals surface area contributed by atoms with E-state index in [4.69, 9.17) is 4.74 Å². The van der Waals surface area contributed by atoms with Gasteiger partial charge in [0, 0.05) is 11.1 Å². The first-order valence-electron chi connectivity index (χ1n) is 12.6. The summed E-state index contributed by atoms with van der Waals surface area (Å²) < 4.78 is 6.37. The Morgan fingerprint density at radius 1 is 0.800 bits per heavy atom. The molecule has 0 saturated carbocycles. The normalized spacial score (nSPS) is 21.6. The lowest BCUT2D eigenvalue weighted by atomic mass is 9.87. The minimum atomic E-state index is -0.244. The smallest absolute Gasteiger partial charge is 0.162 e. The monoisotopic (exact) mass is 413 g/mol. The molecule has 0 aromatic carbocycles. The van der Waals surface area contributed by atoms with Gasteiger partial charge < -0.3 is 9.84 Å². The van der Waals surface area contributed by atoms with Gasteiger partial charge in [-0.3, -0.25) is 0 Å². The molecule has 0 aromatic rings. The summed E-state index contributed by atoms with van der Waals surface area (Å²) in [5, 5.41) is 9.99. The van der Waals surface area contributed by atoms with Gasteiger partial charge in [-0.1, -0.05) is 109 Å². The second-order valence-electron chi connectivity index (χ2n) is 9.56. The molecule has 1 N–H and O–H groups in total. The van der Waals surface area contributed by atoms with E-state index in [1.165, 1.54) is 89.9 Å². The SMILES string of the molecule is CCCCCCCCCCCCCCCCC1(C)C=CC2=C=C(O)C(C)=C(C)[C]2O1. The Balaban J connectivity index is 1.53. The van der Waals surface area contributed by atoms with Crippen molar-refractivity contribution >= 4 is 0 Å². The van der Waals surface area contributed by atoms with Gasteiger partial charge in [0.25, 0.3) is 0 Å². The van der Waals surface area contributed by atoms with Crippen LogP contribution in [-0.2, 0) is 4.74 Å². The zero-order chi connectivity index (χ0) is 21.8. The summed E-state index contributed by atoms with van der Waals surface area (Å²) in [7, 11) is 0. The molecule has 1 radical (unpaired) electrons. The zero-order valence-electron chi connectivity index (χ0n) is 20.1. The van der Waals surface area contributed by atoms with Crippen LogP contribution in [0.5, 0.6) is 0 Å². The largest absolute Gasteiger partial charge is 0.501 e. The lowest BCUT2D eigenvalue weighted by molar-refractivity contribution is 0.0191. The lowest BCUT2D eigenvalue weighted by Crippen LogP contribution is -2.33. The Morgan fingerprint density at radius 2 is 1.30 bits per heavy atom. The second kappa shape index (κ2) is 13.2. The van der Waals surface area contributed by atoms with Crippen molar-refractivity contribution in [1.82, 2.24) is 0 Å². The molecule has 1 unspecified atom stereocenters. The van der Waals surface area contributed by atoms with Crippen LogP contribution < -0.4 is 0 Å². The molecule has 1 aliphatic heterocycles. The molecule has 30 heavy (non-hydrogen) atoms. The summed E-state index contributed by atoms with van der Waals surface area (Å²) >= 11 is 0. The summed E-state index contributed by atoms with van der Waals surface area (Å²) in [6.07, 6.45) is 25.5. The average molecular weight is 414 g/mol. The third-order valence-electron chi connectivity index (χ3n) is 6.72. The van der Waals surface area contributed by atoms with Crippen LogP contribution in [0.1, 0.15) is 124 Å². The van der Waals surface area contributed by atoms with E-state index in [0.29, 0.717) is 0 Å². The van der Waals surface area contributed by atoms with Crippen molar-refractivity contribution in [3.05, 3.63) is 46.5 Å². The first-order chi connectivity index (χ1) is 14.5. The molecule has 1 aliphatic carbocycles. The van der Waals surface area contributed by atoms with Gasteiger partial charge in [-0.2, -0.15) is 0 Å². The highest BCUT2D eigenvalue weighted by Crippen LogP contribution is 2.41. The lowest BCUT2D eigenvalue weighted by Gasteiger charge is -2.36. The number of ether oxygens (including phenoxy) is 1. The summed E-state index contributed by atoms with van der Waals surface area (Å²) in [5.74, 6) is 0.232. The number of rotatable bonds is 15. The van der Waals surface area contributed by atoms with Gasteiger partial charge >= 0.3 is 0 Å². The maximum Gasteiger partial charge on any atom is 0.162 e. The standard InChI is InChI=1S/C28H45O2/c1-5-6-7-8-9-10-11-12-13-14-15-16-17-18-20-28(4)21-19-25-22-26(29)23(2)24(3)27(25)30-28/h19,21,29H,5-18,20H2,1-4H3. The highest BCUT2D eigenvalue weighted by atomic mass is 16.5. The number of fused-ring (bicyclic) bond motifs is 1. The fourth-order valence-corrected chi connectivity index (χ4v) is 4.41. The van der Waals surface area contributed by atoms with Gasteiger partial charge in [-0.25, -0.2) is 0 Å². The molecule has 2 heteroatoms. The van der Waals surface area contributed by atoms with E-state index in [1.807, 2.05) is 13.8 Å². The Labute approximate surface area is 186 Å². The van der Waals surface area contributed by atoms with Gasteiger partial charge in [0.15, 0.2) is 11.9 Å². The van der Waals surface area contributed by atoms with E-state index in [0.717, 1.165) is 29.2 Å². The summed E-state index contributed by atoms with van der Waals surface area (Å²) in [4.78, 5) is 0. The molecule has 0 saturated heterocycles. The van der Waals surface area contributed by atoms with Crippen LogP contribution in [0.4, 0.5) is 0 Å². The minimum Gasteiger partial charge on any atom is -0.501 e.